The Balaban J connectivity index is 1.31. The van der Waals surface area contributed by atoms with Crippen molar-refractivity contribution in [2.45, 2.75) is 224 Å². The summed E-state index contributed by atoms with van der Waals surface area (Å²) in [6.07, 6.45) is 58.3. The number of unbranched alkanes of at least 4 members (excludes halogenated alkanes) is 18. The predicted molar refractivity (Wildman–Crippen MR) is 229 cm³/mol. The largest absolute Gasteiger partial charge is 0.344 e. The standard InChI is InChI=1S/C49H82N2O2/c1-4-6-8-10-12-14-16-18-20-22-24-26-28-30-32-34-38-49(39-35-33-31-29-27-25-23-21-19-17-15-13-11-9-7-5-2)52-47-41-46(42-48(47)53-49)51(3)44-45-37-36-40-50-43-45/h12-15,18-21,36-37,40,43,46-48H,4-11,16-17,22-35,38-39,41-42,44H2,1-3H3/b14-12-,15-13-,20-18-,21-19-/t46?,47-,48?/m1/s1. The summed E-state index contributed by atoms with van der Waals surface area (Å²) >= 11 is 0. The Bertz CT molecular complexity index is 1050. The van der Waals surface area contributed by atoms with Crippen LogP contribution in [0.15, 0.2) is 73.1 Å². The minimum absolute atomic E-state index is 0.241. The fourth-order valence-electron chi connectivity index (χ4n) is 8.16. The Labute approximate surface area is 328 Å². The van der Waals surface area contributed by atoms with Gasteiger partial charge in [-0.25, -0.2) is 0 Å². The number of hydrogen-bond acceptors (Lipinski definition) is 4. The van der Waals surface area contributed by atoms with Crippen molar-refractivity contribution in [3.63, 3.8) is 0 Å². The molecule has 0 N–H and O–H groups in total. The van der Waals surface area contributed by atoms with Crippen LogP contribution >= 0.6 is 0 Å². The van der Waals surface area contributed by atoms with Crippen LogP contribution in [0.5, 0.6) is 0 Å². The summed E-state index contributed by atoms with van der Waals surface area (Å²) in [7, 11) is 2.25. The van der Waals surface area contributed by atoms with Crippen molar-refractivity contribution >= 4 is 0 Å². The molecule has 0 radical (unpaired) electrons. The van der Waals surface area contributed by atoms with Gasteiger partial charge in [0.1, 0.15) is 0 Å². The molecule has 1 saturated heterocycles. The van der Waals surface area contributed by atoms with Crippen molar-refractivity contribution in [3.8, 4) is 0 Å². The van der Waals surface area contributed by atoms with Gasteiger partial charge >= 0.3 is 0 Å². The molecule has 1 aromatic heterocycles. The third-order valence-electron chi connectivity index (χ3n) is 11.5. The Morgan fingerprint density at radius 2 is 1.04 bits per heavy atom. The molecule has 1 aliphatic heterocycles. The number of allylic oxidation sites excluding steroid dienone is 8. The molecular weight excluding hydrogens is 649 g/mol. The predicted octanol–water partition coefficient (Wildman–Crippen LogP) is 14.6. The maximum atomic E-state index is 6.97. The second-order valence-corrected chi connectivity index (χ2v) is 16.3. The van der Waals surface area contributed by atoms with Crippen molar-refractivity contribution in [3.05, 3.63) is 78.7 Å². The number of aromatic nitrogens is 1. The fraction of sp³-hybridized carbons (Fsp3) is 0.735. The lowest BCUT2D eigenvalue weighted by atomic mass is 9.98. The summed E-state index contributed by atoms with van der Waals surface area (Å²) in [5.41, 5.74) is 1.28. The number of hydrogen-bond donors (Lipinski definition) is 0. The van der Waals surface area contributed by atoms with Crippen LogP contribution in [0.3, 0.4) is 0 Å². The van der Waals surface area contributed by atoms with Gasteiger partial charge in [-0.1, -0.05) is 146 Å². The monoisotopic (exact) mass is 731 g/mol. The van der Waals surface area contributed by atoms with E-state index in [1.807, 2.05) is 18.5 Å². The average Bonchev–Trinajstić information content (AvgIpc) is 3.72. The van der Waals surface area contributed by atoms with Crippen molar-refractivity contribution < 1.29 is 9.47 Å². The Hall–Kier alpha value is -2.01. The number of pyridine rings is 1. The molecule has 2 heterocycles. The van der Waals surface area contributed by atoms with E-state index < -0.39 is 0 Å². The van der Waals surface area contributed by atoms with Gasteiger partial charge in [0.25, 0.3) is 0 Å². The van der Waals surface area contributed by atoms with E-state index in [9.17, 15) is 0 Å². The molecule has 0 amide bonds. The highest BCUT2D eigenvalue weighted by molar-refractivity contribution is 5.09. The first-order valence-electron chi connectivity index (χ1n) is 22.7. The smallest absolute Gasteiger partial charge is 0.169 e. The van der Waals surface area contributed by atoms with Crippen molar-refractivity contribution in [1.82, 2.24) is 9.88 Å². The lowest BCUT2D eigenvalue weighted by molar-refractivity contribution is -0.193. The zero-order valence-corrected chi connectivity index (χ0v) is 34.9. The average molecular weight is 731 g/mol. The number of nitrogens with zero attached hydrogens (tertiary/aromatic N) is 2. The molecule has 1 aromatic rings. The minimum atomic E-state index is -0.354. The maximum absolute atomic E-state index is 6.97. The minimum Gasteiger partial charge on any atom is -0.344 e. The van der Waals surface area contributed by atoms with E-state index in [0.29, 0.717) is 6.04 Å². The normalized spacial score (nSPS) is 20.0. The van der Waals surface area contributed by atoms with Crippen LogP contribution in [0.2, 0.25) is 0 Å². The molecule has 300 valence electrons. The van der Waals surface area contributed by atoms with Crippen LogP contribution in [0.25, 0.3) is 0 Å². The van der Waals surface area contributed by atoms with Gasteiger partial charge < -0.3 is 9.47 Å². The topological polar surface area (TPSA) is 34.6 Å². The molecule has 0 bridgehead atoms. The molecule has 4 nitrogen and oxygen atoms in total. The van der Waals surface area contributed by atoms with Gasteiger partial charge in [-0.15, -0.1) is 0 Å². The van der Waals surface area contributed by atoms with E-state index in [1.54, 1.807) is 0 Å². The molecule has 1 saturated carbocycles. The number of fused-ring (bicyclic) bond motifs is 1. The van der Waals surface area contributed by atoms with E-state index in [0.717, 1.165) is 45.1 Å². The van der Waals surface area contributed by atoms with Crippen molar-refractivity contribution in [2.75, 3.05) is 7.05 Å². The molecule has 1 aliphatic carbocycles. The highest BCUT2D eigenvalue weighted by Crippen LogP contribution is 2.45. The molecule has 2 aliphatic rings. The lowest BCUT2D eigenvalue weighted by Gasteiger charge is -2.32. The Morgan fingerprint density at radius 1 is 0.604 bits per heavy atom. The molecule has 2 unspecified atom stereocenters. The summed E-state index contributed by atoms with van der Waals surface area (Å²) in [6.45, 7) is 5.47. The van der Waals surface area contributed by atoms with E-state index in [-0.39, 0.29) is 18.0 Å². The SMILES string of the molecule is CCCCC/C=C\C/C=C\CCCCCCCCC1(CCCCCCCC/C=C\C/C=C\CCCCC)OC2CC(N(C)Cc3cccnc3)C[C@H]2O1. The van der Waals surface area contributed by atoms with Gasteiger partial charge in [0.15, 0.2) is 5.79 Å². The van der Waals surface area contributed by atoms with Gasteiger partial charge in [-0.05, 0) is 109 Å². The van der Waals surface area contributed by atoms with Crippen LogP contribution < -0.4 is 0 Å². The zero-order chi connectivity index (χ0) is 37.5. The Kier molecular flexibility index (Phi) is 25.9. The summed E-state index contributed by atoms with van der Waals surface area (Å²) in [5, 5.41) is 0. The van der Waals surface area contributed by atoms with Crippen LogP contribution in [0.4, 0.5) is 0 Å². The summed E-state index contributed by atoms with van der Waals surface area (Å²) < 4.78 is 13.9. The molecule has 53 heavy (non-hydrogen) atoms. The van der Waals surface area contributed by atoms with Gasteiger partial charge in [0.2, 0.25) is 0 Å². The lowest BCUT2D eigenvalue weighted by Crippen LogP contribution is -2.35. The number of ether oxygens (including phenoxy) is 2. The molecular formula is C49H82N2O2. The molecule has 3 rings (SSSR count). The maximum Gasteiger partial charge on any atom is 0.169 e. The van der Waals surface area contributed by atoms with Crippen LogP contribution in [-0.4, -0.2) is 41.0 Å². The van der Waals surface area contributed by atoms with Gasteiger partial charge in [-0.3, -0.25) is 9.88 Å². The first-order valence-corrected chi connectivity index (χ1v) is 22.7. The van der Waals surface area contributed by atoms with Crippen molar-refractivity contribution in [1.29, 1.82) is 0 Å². The second-order valence-electron chi connectivity index (χ2n) is 16.3. The van der Waals surface area contributed by atoms with Crippen LogP contribution in [0, 0.1) is 0 Å². The van der Waals surface area contributed by atoms with E-state index in [4.69, 9.17) is 9.47 Å². The third kappa shape index (κ3) is 21.0. The molecule has 0 aromatic carbocycles. The highest BCUT2D eigenvalue weighted by atomic mass is 16.8. The van der Waals surface area contributed by atoms with Crippen LogP contribution in [-0.2, 0) is 16.0 Å². The summed E-state index contributed by atoms with van der Waals surface area (Å²) in [5.74, 6) is -0.354. The van der Waals surface area contributed by atoms with Crippen LogP contribution in [0.1, 0.15) is 199 Å². The zero-order valence-electron chi connectivity index (χ0n) is 34.9. The van der Waals surface area contributed by atoms with Gasteiger partial charge in [0.05, 0.1) is 12.2 Å². The summed E-state index contributed by atoms with van der Waals surface area (Å²) in [4.78, 5) is 6.80. The molecule has 0 spiro atoms. The number of rotatable bonds is 33. The quantitative estimate of drug-likeness (QED) is 0.0533. The summed E-state index contributed by atoms with van der Waals surface area (Å²) in [6, 6.07) is 4.72. The molecule has 4 heteroatoms. The Morgan fingerprint density at radius 3 is 1.47 bits per heavy atom. The van der Waals surface area contributed by atoms with E-state index >= 15 is 0 Å². The third-order valence-corrected chi connectivity index (χ3v) is 11.5. The van der Waals surface area contributed by atoms with Gasteiger partial charge in [-0.2, -0.15) is 0 Å². The van der Waals surface area contributed by atoms with E-state index in [1.165, 1.54) is 147 Å². The van der Waals surface area contributed by atoms with Gasteiger partial charge in [0, 0.05) is 37.8 Å². The first kappa shape index (κ1) is 45.4. The van der Waals surface area contributed by atoms with Crippen molar-refractivity contribution in [2.24, 2.45) is 0 Å². The second kappa shape index (κ2) is 30.2. The molecule has 2 fully saturated rings. The highest BCUT2D eigenvalue weighted by Gasteiger charge is 2.51. The fourth-order valence-corrected chi connectivity index (χ4v) is 8.16. The molecule has 3 atom stereocenters. The van der Waals surface area contributed by atoms with E-state index in [2.05, 4.69) is 85.5 Å². The first-order chi connectivity index (χ1) is 26.2.